The molecule has 1 fully saturated rings. The minimum Gasteiger partial charge on any atom is -0.503 e. The molecule has 35 heavy (non-hydrogen) atoms. The number of halogens is 1. The number of benzene rings is 2. The Bertz CT molecular complexity index is 1220. The number of nitrogens with zero attached hydrogens (tertiary/aromatic N) is 2. The molecule has 6 nitrogen and oxygen atoms in total. The number of anilines is 1. The van der Waals surface area contributed by atoms with Gasteiger partial charge in [-0.15, -0.1) is 0 Å². The predicted octanol–water partition coefficient (Wildman–Crippen LogP) is 6.39. The minimum atomic E-state index is -0.0808. The van der Waals surface area contributed by atoms with Gasteiger partial charge in [-0.2, -0.15) is 0 Å². The van der Waals surface area contributed by atoms with Gasteiger partial charge in [0, 0.05) is 17.6 Å². The van der Waals surface area contributed by atoms with Gasteiger partial charge >= 0.3 is 0 Å². The van der Waals surface area contributed by atoms with E-state index in [2.05, 4.69) is 29.3 Å². The van der Waals surface area contributed by atoms with E-state index in [1.54, 1.807) is 25.3 Å². The number of methoxy groups -OCH3 is 1. The topological polar surface area (TPSA) is 74.7 Å². The molecule has 0 radical (unpaired) electrons. The van der Waals surface area contributed by atoms with Crippen LogP contribution in [-0.2, 0) is 0 Å². The van der Waals surface area contributed by atoms with Crippen LogP contribution in [0.2, 0.25) is 5.02 Å². The fourth-order valence-electron chi connectivity index (χ4n) is 4.93. The number of phenolic OH excluding ortho intramolecular Hbond substituents is 1. The minimum absolute atomic E-state index is 0.0127. The van der Waals surface area contributed by atoms with Crippen LogP contribution in [0.5, 0.6) is 11.5 Å². The van der Waals surface area contributed by atoms with E-state index >= 15 is 0 Å². The number of hydrogen-bond acceptors (Lipinski definition) is 6. The summed E-state index contributed by atoms with van der Waals surface area (Å²) in [6, 6.07) is 9.73. The third-order valence-electron chi connectivity index (χ3n) is 7.01. The van der Waals surface area contributed by atoms with Gasteiger partial charge in [0.1, 0.15) is 0 Å². The summed E-state index contributed by atoms with van der Waals surface area (Å²) < 4.78 is 5.28. The van der Waals surface area contributed by atoms with E-state index in [4.69, 9.17) is 16.3 Å². The van der Waals surface area contributed by atoms with Crippen LogP contribution in [-0.4, -0.2) is 54.6 Å². The number of rotatable bonds is 8. The van der Waals surface area contributed by atoms with Crippen molar-refractivity contribution in [3.8, 4) is 22.6 Å². The second kappa shape index (κ2) is 10.8. The molecule has 0 saturated heterocycles. The van der Waals surface area contributed by atoms with Crippen molar-refractivity contribution in [3.63, 3.8) is 0 Å². The lowest BCUT2D eigenvalue weighted by molar-refractivity contribution is 0.101. The van der Waals surface area contributed by atoms with Crippen LogP contribution in [0.1, 0.15) is 49.4 Å². The van der Waals surface area contributed by atoms with Gasteiger partial charge in [0.2, 0.25) is 0 Å². The smallest absolute Gasteiger partial charge is 0.176 e. The number of carbonyl (C=O) groups excluding carboxylic acids is 1. The van der Waals surface area contributed by atoms with Gasteiger partial charge in [0.15, 0.2) is 17.3 Å². The first kappa shape index (κ1) is 25.3. The summed E-state index contributed by atoms with van der Waals surface area (Å²) in [4.78, 5) is 19.3. The first-order valence-corrected chi connectivity index (χ1v) is 12.6. The third kappa shape index (κ3) is 5.71. The molecule has 2 N–H and O–H groups in total. The summed E-state index contributed by atoms with van der Waals surface area (Å²) in [5.74, 6) is 0.981. The molecule has 1 aromatic heterocycles. The molecule has 2 aromatic carbocycles. The molecule has 0 amide bonds. The summed E-state index contributed by atoms with van der Waals surface area (Å²) in [7, 11) is 5.75. The Kier molecular flexibility index (Phi) is 7.82. The second-order valence-corrected chi connectivity index (χ2v) is 10.2. The summed E-state index contributed by atoms with van der Waals surface area (Å²) in [6.45, 7) is 2.71. The molecule has 1 heterocycles. The van der Waals surface area contributed by atoms with E-state index in [0.717, 1.165) is 53.0 Å². The number of nitrogens with one attached hydrogen (secondary N) is 1. The van der Waals surface area contributed by atoms with Gasteiger partial charge in [-0.1, -0.05) is 17.7 Å². The normalized spacial score (nSPS) is 18.1. The van der Waals surface area contributed by atoms with E-state index in [1.165, 1.54) is 26.4 Å². The van der Waals surface area contributed by atoms with Gasteiger partial charge in [-0.25, -0.2) is 0 Å². The van der Waals surface area contributed by atoms with Crippen LogP contribution in [0, 0.1) is 5.92 Å². The molecule has 0 spiro atoms. The Hall–Kier alpha value is -2.83. The Morgan fingerprint density at radius 1 is 1.17 bits per heavy atom. The summed E-state index contributed by atoms with van der Waals surface area (Å²) >= 11 is 6.24. The van der Waals surface area contributed by atoms with Gasteiger partial charge in [0.05, 0.1) is 28.9 Å². The molecule has 1 aliphatic rings. The maximum Gasteiger partial charge on any atom is 0.176 e. The predicted molar refractivity (Wildman–Crippen MR) is 143 cm³/mol. The maximum absolute atomic E-state index is 12.5. The zero-order valence-corrected chi connectivity index (χ0v) is 21.7. The molecule has 4 rings (SSSR count). The van der Waals surface area contributed by atoms with E-state index in [0.29, 0.717) is 17.4 Å². The fourth-order valence-corrected chi connectivity index (χ4v) is 5.14. The van der Waals surface area contributed by atoms with Gasteiger partial charge in [-0.05, 0) is 101 Å². The number of aromatic hydroxyl groups is 1. The molecule has 1 saturated carbocycles. The Balaban J connectivity index is 1.67. The van der Waals surface area contributed by atoms with Crippen molar-refractivity contribution in [1.82, 2.24) is 9.88 Å². The summed E-state index contributed by atoms with van der Waals surface area (Å²) in [6.07, 6.45) is 7.48. The average Bonchev–Trinajstić information content (AvgIpc) is 2.84. The van der Waals surface area contributed by atoms with E-state index in [1.807, 2.05) is 18.2 Å². The second-order valence-electron chi connectivity index (χ2n) is 9.80. The van der Waals surface area contributed by atoms with E-state index in [-0.39, 0.29) is 16.6 Å². The van der Waals surface area contributed by atoms with Gasteiger partial charge in [0.25, 0.3) is 0 Å². The monoisotopic (exact) mass is 495 g/mol. The van der Waals surface area contributed by atoms with Crippen LogP contribution in [0.4, 0.5) is 5.69 Å². The van der Waals surface area contributed by atoms with Crippen molar-refractivity contribution >= 4 is 34.0 Å². The zero-order valence-electron chi connectivity index (χ0n) is 20.9. The molecular formula is C28H34ClN3O3. The first-order chi connectivity index (χ1) is 16.8. The molecule has 0 aliphatic heterocycles. The number of Topliss-reactive ketones (excluding diaryl/α,β-unsaturated/α-hetero) is 1. The molecule has 0 atom stereocenters. The molecule has 3 aromatic rings. The van der Waals surface area contributed by atoms with Crippen LogP contribution in [0.3, 0.4) is 0 Å². The number of carbonyl (C=O) groups is 1. The molecule has 1 aliphatic carbocycles. The van der Waals surface area contributed by atoms with Crippen LogP contribution in [0.25, 0.3) is 22.0 Å². The number of ketones is 1. The molecular weight excluding hydrogens is 462 g/mol. The zero-order chi connectivity index (χ0) is 25.1. The first-order valence-electron chi connectivity index (χ1n) is 12.2. The van der Waals surface area contributed by atoms with Gasteiger partial charge in [-0.3, -0.25) is 9.78 Å². The molecule has 0 bridgehead atoms. The highest BCUT2D eigenvalue weighted by Gasteiger charge is 2.23. The molecule has 0 unspecified atom stereocenters. The number of ether oxygens (including phenoxy) is 1. The van der Waals surface area contributed by atoms with Crippen molar-refractivity contribution in [1.29, 1.82) is 0 Å². The Morgan fingerprint density at radius 3 is 2.57 bits per heavy atom. The molecule has 186 valence electrons. The standard InChI is InChI=1S/C28H34ClN3O3/c1-17(33)23-16-30-25-10-7-19(20-14-24(29)28(34)26(15-20)35-4)13-22(25)27(23)31-21-8-5-18(6-9-21)11-12-32(2)3/h7,10,13-16,18,21,34H,5-6,8-9,11-12H2,1-4H3,(H,30,31)/t18-,21-. The van der Waals surface area contributed by atoms with E-state index in [9.17, 15) is 9.90 Å². The Morgan fingerprint density at radius 2 is 1.91 bits per heavy atom. The summed E-state index contributed by atoms with van der Waals surface area (Å²) in [5.41, 5.74) is 3.98. The lowest BCUT2D eigenvalue weighted by Crippen LogP contribution is -2.28. The average molecular weight is 496 g/mol. The Labute approximate surface area is 212 Å². The van der Waals surface area contributed by atoms with E-state index < -0.39 is 0 Å². The lowest BCUT2D eigenvalue weighted by atomic mass is 9.83. The number of phenols is 1. The highest BCUT2D eigenvalue weighted by molar-refractivity contribution is 6.32. The maximum atomic E-state index is 12.5. The number of hydrogen-bond donors (Lipinski definition) is 2. The molecule has 7 heteroatoms. The van der Waals surface area contributed by atoms with Crippen molar-refractivity contribution in [2.75, 3.05) is 33.1 Å². The van der Waals surface area contributed by atoms with Crippen LogP contribution >= 0.6 is 11.6 Å². The highest BCUT2D eigenvalue weighted by Crippen LogP contribution is 2.40. The van der Waals surface area contributed by atoms with Crippen molar-refractivity contribution in [2.45, 2.75) is 45.1 Å². The number of aromatic nitrogens is 1. The lowest BCUT2D eigenvalue weighted by Gasteiger charge is -2.31. The largest absolute Gasteiger partial charge is 0.503 e. The quantitative estimate of drug-likeness (QED) is 0.352. The number of fused-ring (bicyclic) bond motifs is 1. The van der Waals surface area contributed by atoms with Gasteiger partial charge < -0.3 is 20.1 Å². The third-order valence-corrected chi connectivity index (χ3v) is 7.30. The van der Waals surface area contributed by atoms with Crippen molar-refractivity contribution < 1.29 is 14.6 Å². The summed E-state index contributed by atoms with van der Waals surface area (Å²) in [5, 5.41) is 15.0. The highest BCUT2D eigenvalue weighted by atomic mass is 35.5. The van der Waals surface area contributed by atoms with Crippen LogP contribution < -0.4 is 10.1 Å². The number of pyridine rings is 1. The SMILES string of the molecule is COc1cc(-c2ccc3ncc(C(C)=O)c(N[C@H]4CC[C@H](CCN(C)C)CC4)c3c2)cc(Cl)c1O. The fraction of sp³-hybridized carbons (Fsp3) is 0.429. The van der Waals surface area contributed by atoms with Crippen LogP contribution in [0.15, 0.2) is 36.5 Å². The van der Waals surface area contributed by atoms with Crippen molar-refractivity contribution in [2.24, 2.45) is 5.92 Å². The van der Waals surface area contributed by atoms with Crippen molar-refractivity contribution in [3.05, 3.63) is 47.1 Å².